The second-order valence-corrected chi connectivity index (χ2v) is 5.76. The van der Waals surface area contributed by atoms with Crippen LogP contribution in [0.25, 0.3) is 0 Å². The Balaban J connectivity index is 2.95. The summed E-state index contributed by atoms with van der Waals surface area (Å²) in [5.74, 6) is -0.880. The van der Waals surface area contributed by atoms with Crippen LogP contribution in [0.4, 0.5) is 19.3 Å². The predicted molar refractivity (Wildman–Crippen MR) is 80.7 cm³/mol. The van der Waals surface area contributed by atoms with Gasteiger partial charge in [0.05, 0.1) is 13.0 Å². The molecule has 0 aromatic heterocycles. The average Bonchev–Trinajstić information content (AvgIpc) is 2.38. The third kappa shape index (κ3) is 5.14. The number of hydrogen-bond donors (Lipinski definition) is 2. The average molecular weight is 316 g/mol. The fourth-order valence-corrected chi connectivity index (χ4v) is 1.88. The fourth-order valence-electron chi connectivity index (χ4n) is 1.88. The molecule has 1 aromatic rings. The number of rotatable bonds is 5. The molecular weight excluding hydrogens is 294 g/mol. The molecular formula is C15H22F2N2O3. The van der Waals surface area contributed by atoms with Gasteiger partial charge in [-0.3, -0.25) is 5.32 Å². The number of carbonyl (C=O) groups excluding carboxylic acids is 1. The van der Waals surface area contributed by atoms with Crippen molar-refractivity contribution in [3.63, 3.8) is 0 Å². The van der Waals surface area contributed by atoms with Crippen molar-refractivity contribution in [2.24, 2.45) is 5.73 Å². The van der Waals surface area contributed by atoms with Crippen LogP contribution in [-0.2, 0) is 4.74 Å². The molecule has 0 radical (unpaired) electrons. The van der Waals surface area contributed by atoms with Crippen LogP contribution in [0.3, 0.4) is 0 Å². The zero-order valence-electron chi connectivity index (χ0n) is 13.2. The molecule has 0 aliphatic heterocycles. The van der Waals surface area contributed by atoms with Crippen LogP contribution in [0, 0.1) is 0 Å². The van der Waals surface area contributed by atoms with Crippen molar-refractivity contribution in [1.82, 2.24) is 0 Å². The molecule has 0 aliphatic rings. The molecule has 0 spiro atoms. The third-order valence-electron chi connectivity index (χ3n) is 2.84. The summed E-state index contributed by atoms with van der Waals surface area (Å²) in [5, 5.41) is 2.53. The second kappa shape index (κ2) is 7.40. The Morgan fingerprint density at radius 2 is 2.00 bits per heavy atom. The highest BCUT2D eigenvalue weighted by atomic mass is 19.3. The molecule has 0 saturated heterocycles. The molecule has 0 aliphatic carbocycles. The number of methoxy groups -OCH3 is 1. The van der Waals surface area contributed by atoms with Gasteiger partial charge in [0.2, 0.25) is 6.43 Å². The summed E-state index contributed by atoms with van der Waals surface area (Å²) in [4.78, 5) is 11.7. The van der Waals surface area contributed by atoms with Crippen LogP contribution in [0.15, 0.2) is 18.2 Å². The third-order valence-corrected chi connectivity index (χ3v) is 2.84. The topological polar surface area (TPSA) is 73.6 Å². The molecule has 5 nitrogen and oxygen atoms in total. The fraction of sp³-hybridized carbons (Fsp3) is 0.533. The summed E-state index contributed by atoms with van der Waals surface area (Å²) in [6.07, 6.45) is -3.23. The van der Waals surface area contributed by atoms with Gasteiger partial charge < -0.3 is 15.2 Å². The molecule has 1 unspecified atom stereocenters. The number of hydrogen-bond acceptors (Lipinski definition) is 4. The minimum absolute atomic E-state index is 0.202. The Kier molecular flexibility index (Phi) is 6.11. The van der Waals surface area contributed by atoms with E-state index in [1.165, 1.54) is 25.3 Å². The second-order valence-electron chi connectivity index (χ2n) is 5.76. The lowest BCUT2D eigenvalue weighted by Gasteiger charge is -2.21. The number of anilines is 1. The minimum atomic E-state index is -2.59. The Bertz CT molecular complexity index is 516. The number of ether oxygens (including phenoxy) is 2. The summed E-state index contributed by atoms with van der Waals surface area (Å²) < 4.78 is 36.2. The number of nitrogens with two attached hydrogens (primary N) is 1. The Labute approximate surface area is 128 Å². The van der Waals surface area contributed by atoms with E-state index in [-0.39, 0.29) is 12.3 Å². The van der Waals surface area contributed by atoms with E-state index in [2.05, 4.69) is 5.32 Å². The molecule has 0 bridgehead atoms. The SMILES string of the molecule is COc1cc(NC(=O)OC(C)(C)C)ccc1C(CN)C(F)F. The van der Waals surface area contributed by atoms with Gasteiger partial charge in [0.1, 0.15) is 11.4 Å². The first kappa shape index (κ1) is 18.2. The van der Waals surface area contributed by atoms with E-state index in [0.717, 1.165) is 0 Å². The van der Waals surface area contributed by atoms with Crippen LogP contribution in [0.2, 0.25) is 0 Å². The zero-order chi connectivity index (χ0) is 16.9. The first-order valence-corrected chi connectivity index (χ1v) is 6.84. The smallest absolute Gasteiger partial charge is 0.412 e. The van der Waals surface area contributed by atoms with Crippen molar-refractivity contribution in [1.29, 1.82) is 0 Å². The van der Waals surface area contributed by atoms with Crippen molar-refractivity contribution < 1.29 is 23.0 Å². The lowest BCUT2D eigenvalue weighted by Crippen LogP contribution is -2.27. The molecule has 0 fully saturated rings. The number of amides is 1. The molecule has 22 heavy (non-hydrogen) atoms. The van der Waals surface area contributed by atoms with Gasteiger partial charge in [-0.1, -0.05) is 6.07 Å². The molecule has 1 atom stereocenters. The van der Waals surface area contributed by atoms with E-state index in [1.54, 1.807) is 20.8 Å². The highest BCUT2D eigenvalue weighted by Crippen LogP contribution is 2.32. The number of nitrogens with one attached hydrogen (secondary N) is 1. The lowest BCUT2D eigenvalue weighted by atomic mass is 9.98. The highest BCUT2D eigenvalue weighted by Gasteiger charge is 2.24. The minimum Gasteiger partial charge on any atom is -0.496 e. The molecule has 7 heteroatoms. The van der Waals surface area contributed by atoms with Gasteiger partial charge in [-0.25, -0.2) is 13.6 Å². The highest BCUT2D eigenvalue weighted by molar-refractivity contribution is 5.85. The van der Waals surface area contributed by atoms with Crippen LogP contribution in [-0.4, -0.2) is 31.8 Å². The van der Waals surface area contributed by atoms with Crippen molar-refractivity contribution >= 4 is 11.8 Å². The molecule has 0 heterocycles. The van der Waals surface area contributed by atoms with Gasteiger partial charge in [-0.05, 0) is 26.8 Å². The molecule has 124 valence electrons. The summed E-state index contributed by atoms with van der Waals surface area (Å²) >= 11 is 0. The largest absolute Gasteiger partial charge is 0.496 e. The van der Waals surface area contributed by atoms with Gasteiger partial charge in [-0.15, -0.1) is 0 Å². The van der Waals surface area contributed by atoms with E-state index < -0.39 is 24.0 Å². The van der Waals surface area contributed by atoms with Crippen molar-refractivity contribution in [3.8, 4) is 5.75 Å². The quantitative estimate of drug-likeness (QED) is 0.873. The maximum atomic E-state index is 13.0. The van der Waals surface area contributed by atoms with Crippen LogP contribution in [0.1, 0.15) is 32.3 Å². The Morgan fingerprint density at radius 3 is 2.45 bits per heavy atom. The van der Waals surface area contributed by atoms with Gasteiger partial charge in [-0.2, -0.15) is 0 Å². The van der Waals surface area contributed by atoms with Crippen molar-refractivity contribution in [3.05, 3.63) is 23.8 Å². The van der Waals surface area contributed by atoms with Gasteiger partial charge in [0.15, 0.2) is 0 Å². The summed E-state index contributed by atoms with van der Waals surface area (Å²) in [5.41, 5.74) is 5.45. The van der Waals surface area contributed by atoms with E-state index >= 15 is 0 Å². The van der Waals surface area contributed by atoms with Crippen LogP contribution < -0.4 is 15.8 Å². The molecule has 1 aromatic carbocycles. The number of carbonyl (C=O) groups is 1. The number of alkyl halides is 2. The molecule has 3 N–H and O–H groups in total. The van der Waals surface area contributed by atoms with E-state index in [1.807, 2.05) is 0 Å². The molecule has 0 saturated carbocycles. The van der Waals surface area contributed by atoms with Crippen LogP contribution in [0.5, 0.6) is 5.75 Å². The first-order chi connectivity index (χ1) is 10.2. The van der Waals surface area contributed by atoms with E-state index in [0.29, 0.717) is 11.3 Å². The zero-order valence-corrected chi connectivity index (χ0v) is 13.2. The first-order valence-electron chi connectivity index (χ1n) is 6.84. The van der Waals surface area contributed by atoms with Gasteiger partial charge >= 0.3 is 6.09 Å². The standard InChI is InChI=1S/C15H22F2N2O3/c1-15(2,3)22-14(20)19-9-5-6-10(12(7-9)21-4)11(8-18)13(16)17/h5-7,11,13H,8,18H2,1-4H3,(H,19,20). The van der Waals surface area contributed by atoms with Gasteiger partial charge in [0.25, 0.3) is 0 Å². The Morgan fingerprint density at radius 1 is 1.36 bits per heavy atom. The number of benzene rings is 1. The summed E-state index contributed by atoms with van der Waals surface area (Å²) in [6.45, 7) is 5.02. The normalized spacial score (nSPS) is 12.9. The van der Waals surface area contributed by atoms with E-state index in [4.69, 9.17) is 15.2 Å². The van der Waals surface area contributed by atoms with Crippen molar-refractivity contribution in [2.75, 3.05) is 19.0 Å². The Hall–Kier alpha value is -1.89. The predicted octanol–water partition coefficient (Wildman–Crippen LogP) is 3.35. The summed E-state index contributed by atoms with van der Waals surface area (Å²) in [7, 11) is 1.37. The van der Waals surface area contributed by atoms with Crippen molar-refractivity contribution in [2.45, 2.75) is 38.7 Å². The van der Waals surface area contributed by atoms with E-state index in [9.17, 15) is 13.6 Å². The maximum absolute atomic E-state index is 13.0. The lowest BCUT2D eigenvalue weighted by molar-refractivity contribution is 0.0635. The van der Waals surface area contributed by atoms with Crippen LogP contribution >= 0.6 is 0 Å². The summed E-state index contributed by atoms with van der Waals surface area (Å²) in [6, 6.07) is 4.44. The number of halogens is 2. The van der Waals surface area contributed by atoms with Gasteiger partial charge in [0, 0.05) is 23.9 Å². The monoisotopic (exact) mass is 316 g/mol. The molecule has 1 amide bonds. The maximum Gasteiger partial charge on any atom is 0.412 e. The molecule has 1 rings (SSSR count).